The Morgan fingerprint density at radius 1 is 1.47 bits per heavy atom. The average molecular weight is 295 g/mol. The number of ether oxygens (including phenoxy) is 1. The molecule has 1 fully saturated rings. The number of halogens is 1. The fourth-order valence-corrected chi connectivity index (χ4v) is 2.73. The van der Waals surface area contributed by atoms with Gasteiger partial charge in [0, 0.05) is 30.3 Å². The normalized spacial score (nSPS) is 20.9. The first-order valence-corrected chi connectivity index (χ1v) is 6.81. The lowest BCUT2D eigenvalue weighted by Crippen LogP contribution is -2.20. The van der Waals surface area contributed by atoms with E-state index in [9.17, 15) is 0 Å². The molecule has 0 aromatic carbocycles. The third-order valence-electron chi connectivity index (χ3n) is 3.29. The van der Waals surface area contributed by atoms with Crippen LogP contribution in [-0.4, -0.2) is 22.6 Å². The summed E-state index contributed by atoms with van der Waals surface area (Å²) in [5, 5.41) is 0. The molecule has 0 N–H and O–H groups in total. The molecule has 3 rings (SSSR count). The average Bonchev–Trinajstić information content (AvgIpc) is 2.73. The van der Waals surface area contributed by atoms with Gasteiger partial charge < -0.3 is 9.14 Å². The zero-order valence-electron chi connectivity index (χ0n) is 9.60. The summed E-state index contributed by atoms with van der Waals surface area (Å²) >= 11 is 3.50. The van der Waals surface area contributed by atoms with Crippen molar-refractivity contribution in [3.8, 4) is 0 Å². The quantitative estimate of drug-likeness (QED) is 0.851. The van der Waals surface area contributed by atoms with Gasteiger partial charge in [0.25, 0.3) is 0 Å². The lowest BCUT2D eigenvalue weighted by atomic mass is 9.98. The van der Waals surface area contributed by atoms with Crippen molar-refractivity contribution in [1.29, 1.82) is 0 Å². The van der Waals surface area contributed by atoms with Crippen LogP contribution in [0.2, 0.25) is 0 Å². The van der Waals surface area contributed by atoms with E-state index in [-0.39, 0.29) is 0 Å². The molecule has 1 saturated heterocycles. The Hall–Kier alpha value is -0.870. The summed E-state index contributed by atoms with van der Waals surface area (Å²) in [4.78, 5) is 4.52. The summed E-state index contributed by atoms with van der Waals surface area (Å²) in [5.74, 6) is 1.75. The highest BCUT2D eigenvalue weighted by atomic mass is 79.9. The van der Waals surface area contributed by atoms with Crippen LogP contribution in [0.15, 0.2) is 29.0 Å². The number of rotatable bonds is 2. The maximum atomic E-state index is 5.52. The Morgan fingerprint density at radius 3 is 3.24 bits per heavy atom. The molecule has 90 valence electrons. The molecule has 17 heavy (non-hydrogen) atoms. The highest BCUT2D eigenvalue weighted by Gasteiger charge is 2.16. The van der Waals surface area contributed by atoms with Crippen molar-refractivity contribution in [3.05, 3.63) is 34.8 Å². The van der Waals surface area contributed by atoms with E-state index in [2.05, 4.69) is 37.6 Å². The van der Waals surface area contributed by atoms with Crippen molar-refractivity contribution in [2.75, 3.05) is 13.2 Å². The highest BCUT2D eigenvalue weighted by molar-refractivity contribution is 9.10. The van der Waals surface area contributed by atoms with E-state index < -0.39 is 0 Å². The molecule has 0 bridgehead atoms. The molecule has 0 aliphatic carbocycles. The molecule has 0 spiro atoms. The Labute approximate surface area is 109 Å². The van der Waals surface area contributed by atoms with Gasteiger partial charge in [-0.15, -0.1) is 0 Å². The minimum atomic E-state index is 0.619. The predicted octanol–water partition coefficient (Wildman–Crippen LogP) is 3.07. The third kappa shape index (κ3) is 2.38. The van der Waals surface area contributed by atoms with Crippen LogP contribution in [0, 0.1) is 5.92 Å². The number of imidazole rings is 1. The monoisotopic (exact) mass is 294 g/mol. The molecule has 0 radical (unpaired) electrons. The zero-order valence-corrected chi connectivity index (χ0v) is 11.2. The summed E-state index contributed by atoms with van der Waals surface area (Å²) in [6.07, 6.45) is 7.46. The van der Waals surface area contributed by atoms with Gasteiger partial charge >= 0.3 is 0 Å². The first-order chi connectivity index (χ1) is 8.33. The second-order valence-electron chi connectivity index (χ2n) is 4.60. The molecule has 1 atom stereocenters. The molecule has 2 aromatic rings. The molecule has 3 nitrogen and oxygen atoms in total. The summed E-state index contributed by atoms with van der Waals surface area (Å²) in [6.45, 7) is 1.80. The van der Waals surface area contributed by atoms with Gasteiger partial charge in [-0.05, 0) is 46.8 Å². The first kappa shape index (κ1) is 11.2. The van der Waals surface area contributed by atoms with Crippen LogP contribution in [0.25, 0.3) is 5.52 Å². The maximum absolute atomic E-state index is 5.52. The standard InChI is InChI=1S/C13H15BrN2O/c14-11-3-4-12-7-15-13(16(12)8-11)6-10-2-1-5-17-9-10/h3-4,7-8,10H,1-2,5-6,9H2. The van der Waals surface area contributed by atoms with Gasteiger partial charge in [-0.3, -0.25) is 0 Å². The van der Waals surface area contributed by atoms with Gasteiger partial charge in [-0.25, -0.2) is 4.98 Å². The van der Waals surface area contributed by atoms with Crippen LogP contribution in [0.5, 0.6) is 0 Å². The molecule has 3 heterocycles. The van der Waals surface area contributed by atoms with Gasteiger partial charge in [-0.1, -0.05) is 0 Å². The van der Waals surface area contributed by atoms with Crippen LogP contribution in [0.4, 0.5) is 0 Å². The third-order valence-corrected chi connectivity index (χ3v) is 3.76. The van der Waals surface area contributed by atoms with E-state index in [1.165, 1.54) is 12.8 Å². The lowest BCUT2D eigenvalue weighted by molar-refractivity contribution is 0.0542. The largest absolute Gasteiger partial charge is 0.381 e. The maximum Gasteiger partial charge on any atom is 0.113 e. The van der Waals surface area contributed by atoms with Gasteiger partial charge in [0.05, 0.1) is 11.7 Å². The molecular formula is C13H15BrN2O. The number of aromatic nitrogens is 2. The van der Waals surface area contributed by atoms with E-state index in [0.717, 1.165) is 35.4 Å². The van der Waals surface area contributed by atoms with Crippen molar-refractivity contribution in [3.63, 3.8) is 0 Å². The van der Waals surface area contributed by atoms with Crippen LogP contribution in [0.3, 0.4) is 0 Å². The van der Waals surface area contributed by atoms with Crippen LogP contribution < -0.4 is 0 Å². The van der Waals surface area contributed by atoms with Crippen LogP contribution >= 0.6 is 15.9 Å². The van der Waals surface area contributed by atoms with Crippen LogP contribution in [0.1, 0.15) is 18.7 Å². The van der Waals surface area contributed by atoms with E-state index in [1.807, 2.05) is 12.3 Å². The molecule has 1 unspecified atom stereocenters. The number of pyridine rings is 1. The molecule has 1 aliphatic heterocycles. The highest BCUT2D eigenvalue weighted by Crippen LogP contribution is 2.20. The van der Waals surface area contributed by atoms with E-state index in [1.54, 1.807) is 0 Å². The zero-order chi connectivity index (χ0) is 11.7. The topological polar surface area (TPSA) is 26.5 Å². The van der Waals surface area contributed by atoms with Crippen molar-refractivity contribution in [1.82, 2.24) is 9.38 Å². The first-order valence-electron chi connectivity index (χ1n) is 6.02. The number of nitrogens with zero attached hydrogens (tertiary/aromatic N) is 2. The molecule has 0 saturated carbocycles. The second-order valence-corrected chi connectivity index (χ2v) is 5.52. The summed E-state index contributed by atoms with van der Waals surface area (Å²) in [6, 6.07) is 4.13. The Kier molecular flexibility index (Phi) is 3.16. The molecule has 1 aliphatic rings. The summed E-state index contributed by atoms with van der Waals surface area (Å²) < 4.78 is 8.77. The predicted molar refractivity (Wildman–Crippen MR) is 70.1 cm³/mol. The minimum Gasteiger partial charge on any atom is -0.381 e. The fraction of sp³-hybridized carbons (Fsp3) is 0.462. The summed E-state index contributed by atoms with van der Waals surface area (Å²) in [5.41, 5.74) is 1.15. The smallest absolute Gasteiger partial charge is 0.113 e. The van der Waals surface area contributed by atoms with E-state index in [0.29, 0.717) is 5.92 Å². The summed E-state index contributed by atoms with van der Waals surface area (Å²) in [7, 11) is 0. The van der Waals surface area contributed by atoms with Crippen LogP contribution in [-0.2, 0) is 11.2 Å². The molecule has 2 aromatic heterocycles. The fourth-order valence-electron chi connectivity index (χ4n) is 2.40. The number of fused-ring (bicyclic) bond motifs is 1. The van der Waals surface area contributed by atoms with Crippen molar-refractivity contribution in [2.24, 2.45) is 5.92 Å². The molecule has 0 amide bonds. The Bertz CT molecular complexity index is 517. The van der Waals surface area contributed by atoms with E-state index in [4.69, 9.17) is 4.74 Å². The van der Waals surface area contributed by atoms with Gasteiger partial charge in [0.15, 0.2) is 0 Å². The van der Waals surface area contributed by atoms with Crippen molar-refractivity contribution >= 4 is 21.4 Å². The van der Waals surface area contributed by atoms with Gasteiger partial charge in [-0.2, -0.15) is 0 Å². The lowest BCUT2D eigenvalue weighted by Gasteiger charge is -2.21. The molecule has 4 heteroatoms. The number of hydrogen-bond acceptors (Lipinski definition) is 2. The molecular weight excluding hydrogens is 280 g/mol. The minimum absolute atomic E-state index is 0.619. The van der Waals surface area contributed by atoms with Crippen molar-refractivity contribution in [2.45, 2.75) is 19.3 Å². The Balaban J connectivity index is 1.86. The van der Waals surface area contributed by atoms with E-state index >= 15 is 0 Å². The van der Waals surface area contributed by atoms with Gasteiger partial charge in [0.2, 0.25) is 0 Å². The SMILES string of the molecule is Brc1ccc2cnc(CC3CCCOC3)n2c1. The Morgan fingerprint density at radius 2 is 2.41 bits per heavy atom. The van der Waals surface area contributed by atoms with Crippen molar-refractivity contribution < 1.29 is 4.74 Å². The van der Waals surface area contributed by atoms with Gasteiger partial charge in [0.1, 0.15) is 5.82 Å². The number of hydrogen-bond donors (Lipinski definition) is 0. The second kappa shape index (κ2) is 4.78.